The summed E-state index contributed by atoms with van der Waals surface area (Å²) in [6, 6.07) is 14.1. The maximum atomic E-state index is 12.3. The number of anilines is 2. The van der Waals surface area contributed by atoms with Gasteiger partial charge in [0, 0.05) is 31.0 Å². The zero-order chi connectivity index (χ0) is 21.9. The molecule has 2 aromatic carbocycles. The Morgan fingerprint density at radius 1 is 1.00 bits per heavy atom. The molecule has 0 heterocycles. The van der Waals surface area contributed by atoms with Crippen LogP contribution < -0.4 is 25.4 Å². The Bertz CT molecular complexity index is 962. The molecule has 3 N–H and O–H groups in total. The molecule has 0 saturated heterocycles. The smallest absolute Gasteiger partial charge is 0.267 e. The lowest BCUT2D eigenvalue weighted by molar-refractivity contribution is -0.114. The summed E-state index contributed by atoms with van der Waals surface area (Å²) in [5.74, 6) is 0.596. The molecule has 156 valence electrons. The Hall–Kier alpha value is -3.99. The zero-order valence-electron chi connectivity index (χ0n) is 17.1. The molecule has 0 aliphatic rings. The SMILES string of the molecule is COc1ccc(CCN/C=C(/C#N)C(=O)Nc2ccc(NC(C)=O)cc2)cc1OC. The molecule has 30 heavy (non-hydrogen) atoms. The van der Waals surface area contributed by atoms with Gasteiger partial charge in [-0.1, -0.05) is 6.07 Å². The van der Waals surface area contributed by atoms with E-state index in [0.29, 0.717) is 35.8 Å². The predicted octanol–water partition coefficient (Wildman–Crippen LogP) is 2.84. The lowest BCUT2D eigenvalue weighted by Crippen LogP contribution is -2.18. The molecule has 0 radical (unpaired) electrons. The summed E-state index contributed by atoms with van der Waals surface area (Å²) in [5, 5.41) is 17.5. The van der Waals surface area contributed by atoms with Gasteiger partial charge in [-0.15, -0.1) is 0 Å². The number of hydrogen-bond acceptors (Lipinski definition) is 6. The molecule has 0 atom stereocenters. The Balaban J connectivity index is 1.90. The van der Waals surface area contributed by atoms with E-state index in [1.165, 1.54) is 13.1 Å². The first-order valence-corrected chi connectivity index (χ1v) is 9.20. The molecule has 2 rings (SSSR count). The lowest BCUT2D eigenvalue weighted by Gasteiger charge is -2.10. The van der Waals surface area contributed by atoms with Gasteiger partial charge in [0.05, 0.1) is 14.2 Å². The minimum atomic E-state index is -0.525. The average Bonchev–Trinajstić information content (AvgIpc) is 2.74. The molecule has 0 saturated carbocycles. The molecule has 2 amide bonds. The number of amides is 2. The van der Waals surface area contributed by atoms with Gasteiger partial charge in [-0.25, -0.2) is 0 Å². The largest absolute Gasteiger partial charge is 0.493 e. The van der Waals surface area contributed by atoms with Crippen molar-refractivity contribution in [2.24, 2.45) is 0 Å². The molecule has 8 nitrogen and oxygen atoms in total. The first-order valence-electron chi connectivity index (χ1n) is 9.20. The molecule has 0 spiro atoms. The third kappa shape index (κ3) is 6.56. The normalized spacial score (nSPS) is 10.5. The number of nitrogens with zero attached hydrogens (tertiary/aromatic N) is 1. The minimum Gasteiger partial charge on any atom is -0.493 e. The van der Waals surface area contributed by atoms with Gasteiger partial charge < -0.3 is 25.4 Å². The van der Waals surface area contributed by atoms with Gasteiger partial charge in [-0.05, 0) is 48.4 Å². The van der Waals surface area contributed by atoms with Gasteiger partial charge in [0.25, 0.3) is 5.91 Å². The van der Waals surface area contributed by atoms with Crippen LogP contribution in [0.2, 0.25) is 0 Å². The monoisotopic (exact) mass is 408 g/mol. The summed E-state index contributed by atoms with van der Waals surface area (Å²) < 4.78 is 10.5. The molecule has 2 aromatic rings. The highest BCUT2D eigenvalue weighted by atomic mass is 16.5. The molecule has 0 aromatic heterocycles. The van der Waals surface area contributed by atoms with Crippen molar-refractivity contribution >= 4 is 23.2 Å². The number of nitriles is 1. The van der Waals surface area contributed by atoms with Gasteiger partial charge in [0.2, 0.25) is 5.91 Å². The van der Waals surface area contributed by atoms with Gasteiger partial charge >= 0.3 is 0 Å². The van der Waals surface area contributed by atoms with Gasteiger partial charge in [0.1, 0.15) is 11.6 Å². The second-order valence-electron chi connectivity index (χ2n) is 6.28. The number of hydrogen-bond donors (Lipinski definition) is 3. The quantitative estimate of drug-likeness (QED) is 0.334. The zero-order valence-corrected chi connectivity index (χ0v) is 17.1. The van der Waals surface area contributed by atoms with Crippen molar-refractivity contribution in [1.29, 1.82) is 5.26 Å². The predicted molar refractivity (Wildman–Crippen MR) is 114 cm³/mol. The first kappa shape index (κ1) is 22.3. The first-order chi connectivity index (χ1) is 14.5. The highest BCUT2D eigenvalue weighted by molar-refractivity contribution is 6.06. The molecule has 8 heteroatoms. The fourth-order valence-corrected chi connectivity index (χ4v) is 2.61. The highest BCUT2D eigenvalue weighted by Gasteiger charge is 2.09. The second kappa shape index (κ2) is 11.1. The summed E-state index contributed by atoms with van der Waals surface area (Å²) >= 11 is 0. The van der Waals surface area contributed by atoms with Crippen LogP contribution in [0, 0.1) is 11.3 Å². The van der Waals surface area contributed by atoms with Crippen molar-refractivity contribution in [3.05, 3.63) is 59.8 Å². The van der Waals surface area contributed by atoms with Crippen molar-refractivity contribution in [2.75, 3.05) is 31.4 Å². The van der Waals surface area contributed by atoms with E-state index in [4.69, 9.17) is 9.47 Å². The molecular weight excluding hydrogens is 384 g/mol. The van der Waals surface area contributed by atoms with Crippen molar-refractivity contribution in [3.63, 3.8) is 0 Å². The lowest BCUT2D eigenvalue weighted by atomic mass is 10.1. The number of methoxy groups -OCH3 is 2. The van der Waals surface area contributed by atoms with Crippen LogP contribution in [0.15, 0.2) is 54.2 Å². The fourth-order valence-electron chi connectivity index (χ4n) is 2.61. The van der Waals surface area contributed by atoms with E-state index < -0.39 is 5.91 Å². The third-order valence-corrected chi connectivity index (χ3v) is 4.08. The van der Waals surface area contributed by atoms with Crippen molar-refractivity contribution in [3.8, 4) is 17.6 Å². The molecule has 0 aliphatic carbocycles. The van der Waals surface area contributed by atoms with Gasteiger partial charge in [0.15, 0.2) is 11.5 Å². The van der Waals surface area contributed by atoms with Crippen LogP contribution in [0.3, 0.4) is 0 Å². The third-order valence-electron chi connectivity index (χ3n) is 4.08. The summed E-state index contributed by atoms with van der Waals surface area (Å²) in [4.78, 5) is 23.3. The van der Waals surface area contributed by atoms with Crippen molar-refractivity contribution in [1.82, 2.24) is 5.32 Å². The second-order valence-corrected chi connectivity index (χ2v) is 6.28. The van der Waals surface area contributed by atoms with E-state index in [0.717, 1.165) is 5.56 Å². The Morgan fingerprint density at radius 2 is 1.63 bits per heavy atom. The topological polar surface area (TPSA) is 112 Å². The molecule has 0 aliphatic heterocycles. The molecule has 0 bridgehead atoms. The van der Waals surface area contributed by atoms with Crippen LogP contribution in [-0.2, 0) is 16.0 Å². The van der Waals surface area contributed by atoms with Crippen LogP contribution >= 0.6 is 0 Å². The number of rotatable bonds is 9. The average molecular weight is 408 g/mol. The van der Waals surface area contributed by atoms with Gasteiger partial charge in [-0.2, -0.15) is 5.26 Å². The number of carbonyl (C=O) groups is 2. The summed E-state index contributed by atoms with van der Waals surface area (Å²) in [5.41, 5.74) is 2.11. The standard InChI is InChI=1S/C22H24N4O4/c1-15(27)25-18-5-7-19(8-6-18)26-22(28)17(13-23)14-24-11-10-16-4-9-20(29-2)21(12-16)30-3/h4-9,12,14,24H,10-11H2,1-3H3,(H,25,27)(H,26,28)/b17-14-. The summed E-state index contributed by atoms with van der Waals surface area (Å²) in [6.45, 7) is 1.94. The van der Waals surface area contributed by atoms with Crippen LogP contribution in [0.4, 0.5) is 11.4 Å². The molecule has 0 unspecified atom stereocenters. The van der Waals surface area contributed by atoms with E-state index in [-0.39, 0.29) is 11.5 Å². The number of nitrogens with one attached hydrogen (secondary N) is 3. The molecule has 0 fully saturated rings. The van der Waals surface area contributed by atoms with E-state index in [9.17, 15) is 14.9 Å². The number of benzene rings is 2. The summed E-state index contributed by atoms with van der Waals surface area (Å²) in [6.07, 6.45) is 2.06. The van der Waals surface area contributed by atoms with Crippen molar-refractivity contribution < 1.29 is 19.1 Å². The van der Waals surface area contributed by atoms with E-state index in [2.05, 4.69) is 16.0 Å². The minimum absolute atomic E-state index is 0.0479. The number of carbonyl (C=O) groups excluding carboxylic acids is 2. The van der Waals surface area contributed by atoms with Crippen LogP contribution in [0.25, 0.3) is 0 Å². The van der Waals surface area contributed by atoms with Gasteiger partial charge in [-0.3, -0.25) is 9.59 Å². The maximum absolute atomic E-state index is 12.3. The Labute approximate surface area is 175 Å². The van der Waals surface area contributed by atoms with Crippen molar-refractivity contribution in [2.45, 2.75) is 13.3 Å². The Kier molecular flexibility index (Phi) is 8.27. The maximum Gasteiger partial charge on any atom is 0.267 e. The van der Waals surface area contributed by atoms with Crippen LogP contribution in [0.5, 0.6) is 11.5 Å². The Morgan fingerprint density at radius 3 is 2.20 bits per heavy atom. The number of ether oxygens (including phenoxy) is 2. The van der Waals surface area contributed by atoms with Crippen LogP contribution in [0.1, 0.15) is 12.5 Å². The fraction of sp³-hybridized carbons (Fsp3) is 0.227. The van der Waals surface area contributed by atoms with Crippen LogP contribution in [-0.4, -0.2) is 32.6 Å². The highest BCUT2D eigenvalue weighted by Crippen LogP contribution is 2.27. The summed E-state index contributed by atoms with van der Waals surface area (Å²) in [7, 11) is 3.16. The van der Waals surface area contributed by atoms with E-state index in [1.807, 2.05) is 24.3 Å². The van der Waals surface area contributed by atoms with E-state index >= 15 is 0 Å². The molecular formula is C22H24N4O4. The van der Waals surface area contributed by atoms with E-state index in [1.54, 1.807) is 38.5 Å².